The first kappa shape index (κ1) is 21.1. The minimum atomic E-state index is -0.771. The molecular formula is C21H23FN2O4. The summed E-state index contributed by atoms with van der Waals surface area (Å²) in [5.74, 6) is -1.98. The number of esters is 1. The van der Waals surface area contributed by atoms with Crippen LogP contribution in [0.15, 0.2) is 48.5 Å². The number of amides is 2. The van der Waals surface area contributed by atoms with Crippen molar-refractivity contribution in [2.75, 3.05) is 18.5 Å². The Kier molecular flexibility index (Phi) is 7.68. The highest BCUT2D eigenvalue weighted by molar-refractivity contribution is 5.96. The number of hydrogen-bond acceptors (Lipinski definition) is 4. The van der Waals surface area contributed by atoms with Crippen molar-refractivity contribution in [1.29, 1.82) is 0 Å². The monoisotopic (exact) mass is 386 g/mol. The molecule has 2 N–H and O–H groups in total. The van der Waals surface area contributed by atoms with Crippen molar-refractivity contribution in [2.45, 2.75) is 26.2 Å². The zero-order chi connectivity index (χ0) is 20.5. The number of halogens is 1. The Bertz CT molecular complexity index is 837. The van der Waals surface area contributed by atoms with Crippen molar-refractivity contribution in [3.05, 3.63) is 65.5 Å². The Morgan fingerprint density at radius 1 is 1.11 bits per heavy atom. The Morgan fingerprint density at radius 3 is 2.46 bits per heavy atom. The SMILES string of the molecule is CC[C@H](C)c1ccc(NC(=O)COC(=O)CNC(=O)c2cccc(F)c2)cc1. The predicted octanol–water partition coefficient (Wildman–Crippen LogP) is 3.25. The van der Waals surface area contributed by atoms with Gasteiger partial charge in [0.1, 0.15) is 12.4 Å². The first-order chi connectivity index (χ1) is 13.4. The van der Waals surface area contributed by atoms with Gasteiger partial charge in [0.25, 0.3) is 11.8 Å². The van der Waals surface area contributed by atoms with E-state index in [0.717, 1.165) is 12.5 Å². The normalized spacial score (nSPS) is 11.4. The van der Waals surface area contributed by atoms with Gasteiger partial charge >= 0.3 is 5.97 Å². The highest BCUT2D eigenvalue weighted by atomic mass is 19.1. The van der Waals surface area contributed by atoms with Gasteiger partial charge < -0.3 is 15.4 Å². The number of benzene rings is 2. The number of nitrogens with one attached hydrogen (secondary N) is 2. The summed E-state index contributed by atoms with van der Waals surface area (Å²) in [6.07, 6.45) is 1.03. The molecule has 0 aromatic heterocycles. The average molecular weight is 386 g/mol. The molecule has 1 atom stereocenters. The average Bonchev–Trinajstić information content (AvgIpc) is 2.70. The molecule has 6 nitrogen and oxygen atoms in total. The van der Waals surface area contributed by atoms with E-state index in [1.54, 1.807) is 12.1 Å². The topological polar surface area (TPSA) is 84.5 Å². The van der Waals surface area contributed by atoms with Gasteiger partial charge in [-0.3, -0.25) is 14.4 Å². The minimum absolute atomic E-state index is 0.0892. The molecule has 0 saturated carbocycles. The molecule has 2 amide bonds. The molecule has 7 heteroatoms. The summed E-state index contributed by atoms with van der Waals surface area (Å²) in [5.41, 5.74) is 1.87. The fraction of sp³-hybridized carbons (Fsp3) is 0.286. The van der Waals surface area contributed by atoms with E-state index in [9.17, 15) is 18.8 Å². The molecular weight excluding hydrogens is 363 g/mol. The minimum Gasteiger partial charge on any atom is -0.454 e. The molecule has 0 spiro atoms. The van der Waals surface area contributed by atoms with Gasteiger partial charge in [-0.1, -0.05) is 32.0 Å². The number of rotatable bonds is 8. The molecule has 0 saturated heterocycles. The summed E-state index contributed by atoms with van der Waals surface area (Å²) in [6, 6.07) is 12.5. The number of anilines is 1. The van der Waals surface area contributed by atoms with Crippen LogP contribution in [0.25, 0.3) is 0 Å². The van der Waals surface area contributed by atoms with Gasteiger partial charge in [-0.25, -0.2) is 4.39 Å². The first-order valence-corrected chi connectivity index (χ1v) is 8.98. The van der Waals surface area contributed by atoms with E-state index in [0.29, 0.717) is 11.6 Å². The van der Waals surface area contributed by atoms with Crippen LogP contribution < -0.4 is 10.6 Å². The summed E-state index contributed by atoms with van der Waals surface area (Å²) >= 11 is 0. The Balaban J connectivity index is 1.73. The van der Waals surface area contributed by atoms with Crippen LogP contribution in [0.3, 0.4) is 0 Å². The van der Waals surface area contributed by atoms with Gasteiger partial charge in [-0.2, -0.15) is 0 Å². The van der Waals surface area contributed by atoms with Crippen molar-refractivity contribution in [2.24, 2.45) is 0 Å². The number of carbonyl (C=O) groups is 3. The maximum Gasteiger partial charge on any atom is 0.325 e. The predicted molar refractivity (Wildman–Crippen MR) is 103 cm³/mol. The van der Waals surface area contributed by atoms with Crippen molar-refractivity contribution in [3.8, 4) is 0 Å². The summed E-state index contributed by atoms with van der Waals surface area (Å²) in [6.45, 7) is 3.34. The second kappa shape index (κ2) is 10.2. The molecule has 148 valence electrons. The summed E-state index contributed by atoms with van der Waals surface area (Å²) in [5, 5.41) is 4.94. The van der Waals surface area contributed by atoms with Gasteiger partial charge in [0.05, 0.1) is 0 Å². The molecule has 0 fully saturated rings. The van der Waals surface area contributed by atoms with E-state index in [2.05, 4.69) is 24.5 Å². The highest BCUT2D eigenvalue weighted by Crippen LogP contribution is 2.20. The van der Waals surface area contributed by atoms with Crippen LogP contribution >= 0.6 is 0 Å². The lowest BCUT2D eigenvalue weighted by Gasteiger charge is -2.11. The quantitative estimate of drug-likeness (QED) is 0.682. The van der Waals surface area contributed by atoms with Gasteiger partial charge in [-0.15, -0.1) is 0 Å². The summed E-state index contributed by atoms with van der Waals surface area (Å²) < 4.78 is 17.9. The largest absolute Gasteiger partial charge is 0.454 e. The van der Waals surface area contributed by atoms with Gasteiger partial charge in [0.15, 0.2) is 6.61 Å². The van der Waals surface area contributed by atoms with E-state index in [1.165, 1.54) is 23.8 Å². The Labute approximate surface area is 163 Å². The summed E-state index contributed by atoms with van der Waals surface area (Å²) in [4.78, 5) is 35.3. The highest BCUT2D eigenvalue weighted by Gasteiger charge is 2.12. The molecule has 0 aliphatic heterocycles. The van der Waals surface area contributed by atoms with Crippen molar-refractivity contribution in [3.63, 3.8) is 0 Å². The van der Waals surface area contributed by atoms with Crippen LogP contribution in [0.4, 0.5) is 10.1 Å². The fourth-order valence-electron chi connectivity index (χ4n) is 2.41. The third kappa shape index (κ3) is 6.50. The Morgan fingerprint density at radius 2 is 1.82 bits per heavy atom. The van der Waals surface area contributed by atoms with Crippen LogP contribution in [0, 0.1) is 5.82 Å². The Hall–Kier alpha value is -3.22. The molecule has 2 aromatic carbocycles. The standard InChI is InChI=1S/C21H23FN2O4/c1-3-14(2)15-7-9-18(10-8-15)24-19(25)13-28-20(26)12-23-21(27)16-5-4-6-17(22)11-16/h4-11,14H,3,12-13H2,1-2H3,(H,23,27)(H,24,25)/t14-/m0/s1. The molecule has 0 radical (unpaired) electrons. The van der Waals surface area contributed by atoms with Crippen molar-refractivity contribution in [1.82, 2.24) is 5.32 Å². The third-order valence-electron chi connectivity index (χ3n) is 4.22. The number of ether oxygens (including phenoxy) is 1. The van der Waals surface area contributed by atoms with Gasteiger partial charge in [-0.05, 0) is 48.2 Å². The third-order valence-corrected chi connectivity index (χ3v) is 4.22. The lowest BCUT2D eigenvalue weighted by molar-refractivity contribution is -0.146. The maximum absolute atomic E-state index is 13.1. The fourth-order valence-corrected chi connectivity index (χ4v) is 2.41. The molecule has 28 heavy (non-hydrogen) atoms. The zero-order valence-electron chi connectivity index (χ0n) is 15.8. The molecule has 0 bridgehead atoms. The van der Waals surface area contributed by atoms with E-state index >= 15 is 0 Å². The van der Waals surface area contributed by atoms with Crippen LogP contribution in [0.2, 0.25) is 0 Å². The zero-order valence-corrected chi connectivity index (χ0v) is 15.8. The second-order valence-corrected chi connectivity index (χ2v) is 6.33. The smallest absolute Gasteiger partial charge is 0.325 e. The lowest BCUT2D eigenvalue weighted by atomic mass is 9.99. The van der Waals surface area contributed by atoms with E-state index in [1.807, 2.05) is 12.1 Å². The van der Waals surface area contributed by atoms with Crippen molar-refractivity contribution >= 4 is 23.5 Å². The second-order valence-electron chi connectivity index (χ2n) is 6.33. The lowest BCUT2D eigenvalue weighted by Crippen LogP contribution is -2.32. The van der Waals surface area contributed by atoms with Crippen molar-refractivity contribution < 1.29 is 23.5 Å². The first-order valence-electron chi connectivity index (χ1n) is 8.98. The molecule has 0 heterocycles. The molecule has 0 unspecified atom stereocenters. The van der Waals surface area contributed by atoms with Gasteiger partial charge in [0, 0.05) is 11.3 Å². The van der Waals surface area contributed by atoms with Crippen LogP contribution in [-0.4, -0.2) is 30.9 Å². The van der Waals surface area contributed by atoms with Gasteiger partial charge in [0.2, 0.25) is 0 Å². The van der Waals surface area contributed by atoms with Crippen LogP contribution in [0.1, 0.15) is 42.1 Å². The van der Waals surface area contributed by atoms with E-state index in [-0.39, 0.29) is 5.56 Å². The van der Waals surface area contributed by atoms with Crippen LogP contribution in [-0.2, 0) is 14.3 Å². The number of carbonyl (C=O) groups excluding carboxylic acids is 3. The molecule has 2 rings (SSSR count). The molecule has 0 aliphatic carbocycles. The molecule has 0 aliphatic rings. The van der Waals surface area contributed by atoms with Crippen LogP contribution in [0.5, 0.6) is 0 Å². The number of hydrogen-bond donors (Lipinski definition) is 2. The maximum atomic E-state index is 13.1. The summed E-state index contributed by atoms with van der Waals surface area (Å²) in [7, 11) is 0. The van der Waals surface area contributed by atoms with E-state index < -0.39 is 36.8 Å². The van der Waals surface area contributed by atoms with E-state index in [4.69, 9.17) is 4.74 Å². The molecule has 2 aromatic rings.